The van der Waals surface area contributed by atoms with E-state index in [0.29, 0.717) is 22.0 Å². The van der Waals surface area contributed by atoms with E-state index in [1.165, 1.54) is 0 Å². The Bertz CT molecular complexity index is 547. The number of carbonyl (C=O) groups excluding carboxylic acids is 1. The van der Waals surface area contributed by atoms with Crippen molar-refractivity contribution in [3.05, 3.63) is 22.7 Å². The molecule has 116 valence electrons. The van der Waals surface area contributed by atoms with Crippen molar-refractivity contribution >= 4 is 23.2 Å². The van der Waals surface area contributed by atoms with Crippen LogP contribution in [0.3, 0.4) is 0 Å². The van der Waals surface area contributed by atoms with Crippen LogP contribution in [0.2, 0.25) is 5.02 Å². The number of amides is 1. The van der Waals surface area contributed by atoms with Crippen LogP contribution in [0.5, 0.6) is 5.75 Å². The molecule has 0 saturated heterocycles. The Kier molecular flexibility index (Phi) is 4.49. The third kappa shape index (κ3) is 3.33. The van der Waals surface area contributed by atoms with E-state index in [1.807, 2.05) is 20.8 Å². The van der Waals surface area contributed by atoms with Gasteiger partial charge in [-0.3, -0.25) is 4.79 Å². The van der Waals surface area contributed by atoms with Crippen LogP contribution >= 0.6 is 11.6 Å². The lowest BCUT2D eigenvalue weighted by molar-refractivity contribution is -0.125. The Morgan fingerprint density at radius 1 is 1.43 bits per heavy atom. The zero-order valence-corrected chi connectivity index (χ0v) is 13.7. The van der Waals surface area contributed by atoms with E-state index in [2.05, 4.69) is 0 Å². The van der Waals surface area contributed by atoms with Gasteiger partial charge in [0, 0.05) is 11.5 Å². The van der Waals surface area contributed by atoms with Gasteiger partial charge in [-0.25, -0.2) is 0 Å². The fourth-order valence-corrected chi connectivity index (χ4v) is 2.58. The molecule has 1 aromatic carbocycles. The molecule has 1 fully saturated rings. The fraction of sp³-hybridized carbons (Fsp3) is 0.562. The normalized spacial score (nSPS) is 15.0. The lowest BCUT2D eigenvalue weighted by Gasteiger charge is -2.31. The summed E-state index contributed by atoms with van der Waals surface area (Å²) in [5.74, 6) is 0.554. The van der Waals surface area contributed by atoms with Crippen molar-refractivity contribution < 1.29 is 14.6 Å². The number of hydrogen-bond acceptors (Lipinski definition) is 3. The van der Waals surface area contributed by atoms with E-state index < -0.39 is 5.41 Å². The number of hydrogen-bond donors (Lipinski definition) is 1. The van der Waals surface area contributed by atoms with Crippen molar-refractivity contribution in [3.63, 3.8) is 0 Å². The lowest BCUT2D eigenvalue weighted by atomic mass is 9.94. The summed E-state index contributed by atoms with van der Waals surface area (Å²) in [7, 11) is 1.54. The number of halogens is 1. The van der Waals surface area contributed by atoms with E-state index >= 15 is 0 Å². The highest BCUT2D eigenvalue weighted by Gasteiger charge is 2.40. The first-order valence-corrected chi connectivity index (χ1v) is 7.48. The van der Waals surface area contributed by atoms with E-state index in [-0.39, 0.29) is 18.6 Å². The molecule has 5 heteroatoms. The average molecular weight is 312 g/mol. The minimum absolute atomic E-state index is 0.0296. The Morgan fingerprint density at radius 2 is 2.05 bits per heavy atom. The molecule has 0 spiro atoms. The van der Waals surface area contributed by atoms with Gasteiger partial charge in [0.1, 0.15) is 11.4 Å². The van der Waals surface area contributed by atoms with Crippen LogP contribution in [0.4, 0.5) is 5.69 Å². The molecule has 0 atom stereocenters. The molecule has 0 aliphatic heterocycles. The van der Waals surface area contributed by atoms with Crippen LogP contribution < -0.4 is 9.64 Å². The van der Waals surface area contributed by atoms with Crippen molar-refractivity contribution in [2.45, 2.75) is 46.3 Å². The van der Waals surface area contributed by atoms with Gasteiger partial charge in [0.2, 0.25) is 5.91 Å². The predicted octanol–water partition coefficient (Wildman–Crippen LogP) is 3.38. The van der Waals surface area contributed by atoms with Crippen LogP contribution in [0.25, 0.3) is 0 Å². The summed E-state index contributed by atoms with van der Waals surface area (Å²) in [6, 6.07) is 3.60. The van der Waals surface area contributed by atoms with Crippen LogP contribution in [0, 0.1) is 5.41 Å². The zero-order chi connectivity index (χ0) is 15.8. The first kappa shape index (κ1) is 16.1. The van der Waals surface area contributed by atoms with E-state index in [4.69, 9.17) is 16.3 Å². The number of aliphatic hydroxyl groups is 1. The highest BCUT2D eigenvalue weighted by molar-refractivity contribution is 6.34. The van der Waals surface area contributed by atoms with Crippen LogP contribution in [-0.4, -0.2) is 24.2 Å². The molecule has 0 radical (unpaired) electrons. The maximum Gasteiger partial charge on any atom is 0.232 e. The van der Waals surface area contributed by atoms with Crippen LogP contribution in [0.15, 0.2) is 12.1 Å². The number of ether oxygens (including phenoxy) is 1. The average Bonchev–Trinajstić information content (AvgIpc) is 3.23. The smallest absolute Gasteiger partial charge is 0.232 e. The van der Waals surface area contributed by atoms with Gasteiger partial charge in [0.15, 0.2) is 0 Å². The number of methoxy groups -OCH3 is 1. The van der Waals surface area contributed by atoms with Gasteiger partial charge in [0.25, 0.3) is 0 Å². The maximum absolute atomic E-state index is 12.8. The summed E-state index contributed by atoms with van der Waals surface area (Å²) in [6.45, 7) is 5.57. The van der Waals surface area contributed by atoms with Gasteiger partial charge >= 0.3 is 0 Å². The van der Waals surface area contributed by atoms with Gasteiger partial charge in [-0.2, -0.15) is 0 Å². The number of aliphatic hydroxyl groups excluding tert-OH is 1. The van der Waals surface area contributed by atoms with Gasteiger partial charge < -0.3 is 14.7 Å². The summed E-state index contributed by atoms with van der Waals surface area (Å²) in [6.07, 6.45) is 1.95. The molecule has 1 N–H and O–H groups in total. The summed E-state index contributed by atoms with van der Waals surface area (Å²) < 4.78 is 5.40. The largest absolute Gasteiger partial charge is 0.495 e. The molecule has 1 aliphatic carbocycles. The van der Waals surface area contributed by atoms with Gasteiger partial charge in [0.05, 0.1) is 18.7 Å². The molecule has 1 aliphatic rings. The molecular formula is C16H22ClNO3. The van der Waals surface area contributed by atoms with Crippen molar-refractivity contribution in [2.24, 2.45) is 5.41 Å². The predicted molar refractivity (Wildman–Crippen MR) is 83.9 cm³/mol. The highest BCUT2D eigenvalue weighted by atomic mass is 35.5. The van der Waals surface area contributed by atoms with Gasteiger partial charge in [-0.15, -0.1) is 0 Å². The SMILES string of the molecule is COc1cc(CO)cc(Cl)c1N(C(=O)C(C)(C)C)C1CC1. The Morgan fingerprint density at radius 3 is 2.48 bits per heavy atom. The van der Waals surface area contributed by atoms with Gasteiger partial charge in [-0.05, 0) is 30.5 Å². The molecule has 1 saturated carbocycles. The second-order valence-electron chi connectivity index (χ2n) is 6.44. The van der Waals surface area contributed by atoms with Gasteiger partial charge in [-0.1, -0.05) is 32.4 Å². The molecule has 0 unspecified atom stereocenters. The maximum atomic E-state index is 12.8. The number of rotatable bonds is 4. The molecular weight excluding hydrogens is 290 g/mol. The molecule has 2 rings (SSSR count). The lowest BCUT2D eigenvalue weighted by Crippen LogP contribution is -2.41. The fourth-order valence-electron chi connectivity index (χ4n) is 2.25. The van der Waals surface area contributed by atoms with E-state index in [0.717, 1.165) is 12.8 Å². The highest BCUT2D eigenvalue weighted by Crippen LogP contribution is 2.44. The number of anilines is 1. The summed E-state index contributed by atoms with van der Waals surface area (Å²) in [5.41, 5.74) is 0.783. The Labute approximate surface area is 130 Å². The first-order valence-electron chi connectivity index (χ1n) is 7.10. The Hall–Kier alpha value is -1.26. The van der Waals surface area contributed by atoms with Crippen molar-refractivity contribution in [3.8, 4) is 5.75 Å². The third-order valence-corrected chi connectivity index (χ3v) is 3.79. The van der Waals surface area contributed by atoms with E-state index in [1.54, 1.807) is 24.1 Å². The topological polar surface area (TPSA) is 49.8 Å². The molecule has 1 amide bonds. The minimum atomic E-state index is -0.493. The number of carbonyl (C=O) groups is 1. The van der Waals surface area contributed by atoms with Crippen molar-refractivity contribution in [1.29, 1.82) is 0 Å². The molecule has 21 heavy (non-hydrogen) atoms. The summed E-state index contributed by atoms with van der Waals surface area (Å²) >= 11 is 6.37. The summed E-state index contributed by atoms with van der Waals surface area (Å²) in [4.78, 5) is 14.6. The third-order valence-electron chi connectivity index (χ3n) is 3.50. The van der Waals surface area contributed by atoms with E-state index in [9.17, 15) is 9.90 Å². The monoisotopic (exact) mass is 311 g/mol. The first-order chi connectivity index (χ1) is 9.79. The van der Waals surface area contributed by atoms with Crippen molar-refractivity contribution in [2.75, 3.05) is 12.0 Å². The van der Waals surface area contributed by atoms with Crippen LogP contribution in [0.1, 0.15) is 39.2 Å². The molecule has 0 bridgehead atoms. The summed E-state index contributed by atoms with van der Waals surface area (Å²) in [5, 5.41) is 9.71. The quantitative estimate of drug-likeness (QED) is 0.927. The molecule has 4 nitrogen and oxygen atoms in total. The number of nitrogens with zero attached hydrogens (tertiary/aromatic N) is 1. The molecule has 0 heterocycles. The minimum Gasteiger partial charge on any atom is -0.495 e. The zero-order valence-electron chi connectivity index (χ0n) is 12.9. The van der Waals surface area contributed by atoms with Crippen molar-refractivity contribution in [1.82, 2.24) is 0 Å². The second-order valence-corrected chi connectivity index (χ2v) is 6.85. The number of benzene rings is 1. The van der Waals surface area contributed by atoms with Crippen LogP contribution in [-0.2, 0) is 11.4 Å². The second kappa shape index (κ2) is 5.85. The molecule has 0 aromatic heterocycles. The standard InChI is InChI=1S/C16H22ClNO3/c1-16(2,3)15(20)18(11-5-6-11)14-12(17)7-10(9-19)8-13(14)21-4/h7-8,11,19H,5-6,9H2,1-4H3. The molecule has 1 aromatic rings. The Balaban J connectivity index is 2.53.